The highest BCUT2D eigenvalue weighted by atomic mass is 16.4. The highest BCUT2D eigenvalue weighted by Crippen LogP contribution is 2.49. The first-order chi connectivity index (χ1) is 9.36. The fourth-order valence-electron chi connectivity index (χ4n) is 3.88. The summed E-state index contributed by atoms with van der Waals surface area (Å²) in [5.41, 5.74) is 7.68. The van der Waals surface area contributed by atoms with Gasteiger partial charge in [-0.1, -0.05) is 39.0 Å². The van der Waals surface area contributed by atoms with Gasteiger partial charge in [0.1, 0.15) is 0 Å². The first-order valence-electron chi connectivity index (χ1n) is 7.75. The number of aliphatic carboxylic acids is 1. The maximum atomic E-state index is 11.2. The minimum absolute atomic E-state index is 0.119. The van der Waals surface area contributed by atoms with Crippen LogP contribution in [0.1, 0.15) is 53.4 Å². The molecule has 0 aromatic carbocycles. The van der Waals surface area contributed by atoms with Crippen molar-refractivity contribution in [3.63, 3.8) is 0 Å². The van der Waals surface area contributed by atoms with E-state index in [0.29, 0.717) is 11.8 Å². The second-order valence-corrected chi connectivity index (χ2v) is 6.07. The Morgan fingerprint density at radius 1 is 1.40 bits per heavy atom. The highest BCUT2D eigenvalue weighted by Gasteiger charge is 2.49. The second-order valence-electron chi connectivity index (χ2n) is 6.07. The molecule has 0 aliphatic heterocycles. The van der Waals surface area contributed by atoms with Gasteiger partial charge in [0, 0.05) is 17.0 Å². The Balaban J connectivity index is 0.000000956. The molecule has 2 aliphatic rings. The van der Waals surface area contributed by atoms with Crippen LogP contribution in [0.2, 0.25) is 0 Å². The Kier molecular flexibility index (Phi) is 5.58. The second kappa shape index (κ2) is 6.57. The molecule has 0 unspecified atom stereocenters. The largest absolute Gasteiger partial charge is 0.478 e. The molecule has 3 N–H and O–H groups in total. The monoisotopic (exact) mass is 279 g/mol. The number of hydrogen-bond acceptors (Lipinski definition) is 2. The van der Waals surface area contributed by atoms with Gasteiger partial charge in [0.2, 0.25) is 0 Å². The SMILES string of the molecule is C=C(C(=O)O)[C@@H]1CC[C@@H](C)[C@@H]2CCC(C)=C[C@]12N.CC. The molecule has 0 aromatic rings. The summed E-state index contributed by atoms with van der Waals surface area (Å²) in [4.78, 5) is 11.2. The van der Waals surface area contributed by atoms with Crippen LogP contribution in [0, 0.1) is 17.8 Å². The Bertz CT molecular complexity index is 413. The first-order valence-corrected chi connectivity index (χ1v) is 7.75. The number of fused-ring (bicyclic) bond motifs is 1. The number of nitrogens with two attached hydrogens (primary N) is 1. The van der Waals surface area contributed by atoms with Crippen LogP contribution in [0.4, 0.5) is 0 Å². The third kappa shape index (κ3) is 2.98. The Labute approximate surface area is 122 Å². The number of carboxylic acids is 1. The summed E-state index contributed by atoms with van der Waals surface area (Å²) < 4.78 is 0. The summed E-state index contributed by atoms with van der Waals surface area (Å²) in [5.74, 6) is -0.0746. The molecule has 1 saturated carbocycles. The van der Waals surface area contributed by atoms with Crippen molar-refractivity contribution in [1.29, 1.82) is 0 Å². The van der Waals surface area contributed by atoms with E-state index in [1.165, 1.54) is 5.57 Å². The van der Waals surface area contributed by atoms with E-state index in [1.807, 2.05) is 13.8 Å². The summed E-state index contributed by atoms with van der Waals surface area (Å²) in [7, 11) is 0. The van der Waals surface area contributed by atoms with E-state index in [1.54, 1.807) is 0 Å². The highest BCUT2D eigenvalue weighted by molar-refractivity contribution is 5.86. The van der Waals surface area contributed by atoms with Gasteiger partial charge in [-0.15, -0.1) is 0 Å². The lowest BCUT2D eigenvalue weighted by Gasteiger charge is -2.51. The lowest BCUT2D eigenvalue weighted by atomic mass is 9.57. The molecule has 0 saturated heterocycles. The molecule has 114 valence electrons. The average Bonchev–Trinajstić information content (AvgIpc) is 2.39. The summed E-state index contributed by atoms with van der Waals surface area (Å²) in [5, 5.41) is 9.19. The van der Waals surface area contributed by atoms with Crippen molar-refractivity contribution < 1.29 is 9.90 Å². The van der Waals surface area contributed by atoms with Crippen molar-refractivity contribution in [2.24, 2.45) is 23.5 Å². The Hall–Kier alpha value is -1.09. The lowest BCUT2D eigenvalue weighted by Crippen LogP contribution is -2.58. The molecule has 0 heterocycles. The molecule has 2 rings (SSSR count). The molecule has 3 heteroatoms. The molecule has 0 radical (unpaired) electrons. The van der Waals surface area contributed by atoms with Gasteiger partial charge < -0.3 is 10.8 Å². The molecule has 0 spiro atoms. The maximum absolute atomic E-state index is 11.2. The van der Waals surface area contributed by atoms with E-state index >= 15 is 0 Å². The molecule has 20 heavy (non-hydrogen) atoms. The Morgan fingerprint density at radius 3 is 2.55 bits per heavy atom. The molecule has 1 fully saturated rings. The van der Waals surface area contributed by atoms with Crippen LogP contribution in [0.5, 0.6) is 0 Å². The average molecular weight is 279 g/mol. The van der Waals surface area contributed by atoms with Crippen molar-refractivity contribution in [2.75, 3.05) is 0 Å². The predicted molar refractivity (Wildman–Crippen MR) is 83.4 cm³/mol. The molecular weight excluding hydrogens is 250 g/mol. The fourth-order valence-corrected chi connectivity index (χ4v) is 3.88. The van der Waals surface area contributed by atoms with Crippen LogP contribution in [0.25, 0.3) is 0 Å². The zero-order valence-corrected chi connectivity index (χ0v) is 13.3. The van der Waals surface area contributed by atoms with Crippen LogP contribution in [0.3, 0.4) is 0 Å². The molecular formula is C17H29NO2. The topological polar surface area (TPSA) is 63.3 Å². The van der Waals surface area contributed by atoms with Crippen LogP contribution < -0.4 is 5.73 Å². The number of allylic oxidation sites excluding steroid dienone is 1. The van der Waals surface area contributed by atoms with Crippen molar-refractivity contribution >= 4 is 5.97 Å². The van der Waals surface area contributed by atoms with Crippen molar-refractivity contribution in [2.45, 2.75) is 58.9 Å². The smallest absolute Gasteiger partial charge is 0.331 e. The third-order valence-corrected chi connectivity index (χ3v) is 4.88. The number of rotatable bonds is 2. The van der Waals surface area contributed by atoms with Gasteiger partial charge in [0.05, 0.1) is 0 Å². The number of carboxylic acid groups (broad SMARTS) is 1. The van der Waals surface area contributed by atoms with Crippen LogP contribution in [-0.2, 0) is 4.79 Å². The van der Waals surface area contributed by atoms with Crippen molar-refractivity contribution in [3.05, 3.63) is 23.8 Å². The van der Waals surface area contributed by atoms with Gasteiger partial charge in [-0.3, -0.25) is 0 Å². The molecule has 2 aliphatic carbocycles. The van der Waals surface area contributed by atoms with Crippen molar-refractivity contribution in [1.82, 2.24) is 0 Å². The zero-order chi connectivity index (χ0) is 15.5. The maximum Gasteiger partial charge on any atom is 0.331 e. The summed E-state index contributed by atoms with van der Waals surface area (Å²) in [6.45, 7) is 12.1. The zero-order valence-electron chi connectivity index (χ0n) is 13.3. The molecule has 0 amide bonds. The first kappa shape index (κ1) is 17.0. The quantitative estimate of drug-likeness (QED) is 0.597. The third-order valence-electron chi connectivity index (χ3n) is 4.88. The van der Waals surface area contributed by atoms with E-state index in [9.17, 15) is 9.90 Å². The van der Waals surface area contributed by atoms with E-state index in [4.69, 9.17) is 5.73 Å². The number of hydrogen-bond donors (Lipinski definition) is 2. The van der Waals surface area contributed by atoms with Crippen LogP contribution in [-0.4, -0.2) is 16.6 Å². The van der Waals surface area contributed by atoms with Gasteiger partial charge in [-0.25, -0.2) is 4.79 Å². The normalized spacial score (nSPS) is 36.0. The van der Waals surface area contributed by atoms with E-state index < -0.39 is 11.5 Å². The van der Waals surface area contributed by atoms with Gasteiger partial charge in [0.15, 0.2) is 0 Å². The predicted octanol–water partition coefficient (Wildman–Crippen LogP) is 3.75. The molecule has 0 aromatic heterocycles. The fraction of sp³-hybridized carbons (Fsp3) is 0.706. The summed E-state index contributed by atoms with van der Waals surface area (Å²) in [6.07, 6.45) is 6.16. The summed E-state index contributed by atoms with van der Waals surface area (Å²) >= 11 is 0. The molecule has 4 atom stereocenters. The standard InChI is InChI=1S/C15H23NO2.C2H6/c1-9-4-6-12-10(2)5-7-13(11(3)14(17)18)15(12,16)8-9;1-2/h8,10,12-13H,3-7,16H2,1-2H3,(H,17,18);1-2H3/t10-,12+,13+,15-;/m1./s1. The minimum Gasteiger partial charge on any atom is -0.478 e. The van der Waals surface area contributed by atoms with E-state index in [-0.39, 0.29) is 11.5 Å². The molecule has 3 nitrogen and oxygen atoms in total. The van der Waals surface area contributed by atoms with Crippen LogP contribution in [0.15, 0.2) is 23.8 Å². The summed E-state index contributed by atoms with van der Waals surface area (Å²) in [6, 6.07) is 0. The van der Waals surface area contributed by atoms with Gasteiger partial charge in [0.25, 0.3) is 0 Å². The Morgan fingerprint density at radius 2 is 2.00 bits per heavy atom. The van der Waals surface area contributed by atoms with Gasteiger partial charge in [-0.2, -0.15) is 0 Å². The lowest BCUT2D eigenvalue weighted by molar-refractivity contribution is -0.133. The van der Waals surface area contributed by atoms with Gasteiger partial charge >= 0.3 is 5.97 Å². The van der Waals surface area contributed by atoms with Crippen molar-refractivity contribution in [3.8, 4) is 0 Å². The van der Waals surface area contributed by atoms with Crippen LogP contribution >= 0.6 is 0 Å². The molecule has 0 bridgehead atoms. The number of carbonyl (C=O) groups is 1. The minimum atomic E-state index is -0.908. The van der Waals surface area contributed by atoms with E-state index in [2.05, 4.69) is 26.5 Å². The van der Waals surface area contributed by atoms with Gasteiger partial charge in [-0.05, 0) is 44.4 Å². The van der Waals surface area contributed by atoms with E-state index in [0.717, 1.165) is 25.7 Å².